The summed E-state index contributed by atoms with van der Waals surface area (Å²) in [5.41, 5.74) is -0.979. The zero-order chi connectivity index (χ0) is 26.1. The van der Waals surface area contributed by atoms with Crippen molar-refractivity contribution in [1.29, 1.82) is 0 Å². The minimum atomic E-state index is -1.31. The van der Waals surface area contributed by atoms with Crippen LogP contribution in [-0.4, -0.2) is 63.2 Å². The number of carbonyl (C=O) groups is 4. The predicted octanol–water partition coefficient (Wildman–Crippen LogP) is 1.00. The van der Waals surface area contributed by atoms with Crippen molar-refractivity contribution in [2.24, 2.45) is 0 Å². The second-order valence-corrected chi connectivity index (χ2v) is 8.17. The number of carbonyl (C=O) groups excluding carboxylic acids is 4. The molecule has 35 heavy (non-hydrogen) atoms. The molecule has 12 nitrogen and oxygen atoms in total. The number of hydrogen-bond donors (Lipinski definition) is 2. The van der Waals surface area contributed by atoms with Gasteiger partial charge in [0.1, 0.15) is 6.61 Å². The minimum absolute atomic E-state index is 0.0555. The lowest BCUT2D eigenvalue weighted by molar-refractivity contribution is -0.165. The fourth-order valence-corrected chi connectivity index (χ4v) is 3.65. The number of anilines is 1. The summed E-state index contributed by atoms with van der Waals surface area (Å²) in [7, 11) is 0. The number of amides is 1. The lowest BCUT2D eigenvalue weighted by atomic mass is 10.1. The highest BCUT2D eigenvalue weighted by molar-refractivity contribution is 5.89. The van der Waals surface area contributed by atoms with Crippen molar-refractivity contribution in [3.05, 3.63) is 22.5 Å². The van der Waals surface area contributed by atoms with E-state index in [9.17, 15) is 28.4 Å². The van der Waals surface area contributed by atoms with E-state index in [4.69, 9.17) is 19.3 Å². The van der Waals surface area contributed by atoms with Crippen LogP contribution in [0.1, 0.15) is 65.5 Å². The number of aromatic nitrogens is 2. The summed E-state index contributed by atoms with van der Waals surface area (Å²) in [6.07, 6.45) is -0.807. The van der Waals surface area contributed by atoms with Crippen LogP contribution in [0.2, 0.25) is 0 Å². The smallest absolute Gasteiger partial charge is 0.351 e. The van der Waals surface area contributed by atoms with Crippen LogP contribution in [0.3, 0.4) is 0 Å². The Kier molecular flexibility index (Phi) is 10.5. The van der Waals surface area contributed by atoms with Crippen molar-refractivity contribution < 1.29 is 42.9 Å². The Morgan fingerprint density at radius 3 is 2.29 bits per heavy atom. The fourth-order valence-electron chi connectivity index (χ4n) is 3.65. The van der Waals surface area contributed by atoms with Crippen LogP contribution < -0.4 is 11.0 Å². The molecule has 0 aromatic carbocycles. The molecule has 0 unspecified atom stereocenters. The third kappa shape index (κ3) is 8.21. The molecular weight excluding hydrogens is 469 g/mol. The molecular formula is C22H30FN3O9. The average molecular weight is 499 g/mol. The molecule has 0 spiro atoms. The van der Waals surface area contributed by atoms with E-state index in [1.165, 1.54) is 6.92 Å². The molecule has 1 amide bonds. The molecule has 2 heterocycles. The lowest BCUT2D eigenvalue weighted by Gasteiger charge is -2.23. The molecule has 1 saturated heterocycles. The van der Waals surface area contributed by atoms with Crippen molar-refractivity contribution in [3.8, 4) is 0 Å². The van der Waals surface area contributed by atoms with Crippen LogP contribution >= 0.6 is 0 Å². The highest BCUT2D eigenvalue weighted by atomic mass is 19.1. The first-order valence-electron chi connectivity index (χ1n) is 11.2. The Balaban J connectivity index is 2.04. The van der Waals surface area contributed by atoms with Crippen molar-refractivity contribution in [1.82, 2.24) is 9.55 Å². The number of unbranched alkanes of at least 4 members (excludes halogenated alkanes) is 3. The van der Waals surface area contributed by atoms with Gasteiger partial charge in [0.2, 0.25) is 5.91 Å². The van der Waals surface area contributed by atoms with Gasteiger partial charge in [-0.05, 0) is 19.8 Å². The summed E-state index contributed by atoms with van der Waals surface area (Å²) in [6, 6.07) is 0. The molecule has 1 fully saturated rings. The van der Waals surface area contributed by atoms with Crippen LogP contribution in [0.15, 0.2) is 11.0 Å². The molecule has 1 aliphatic rings. The van der Waals surface area contributed by atoms with E-state index in [2.05, 4.69) is 10.3 Å². The monoisotopic (exact) mass is 499 g/mol. The Morgan fingerprint density at radius 1 is 1.09 bits per heavy atom. The van der Waals surface area contributed by atoms with E-state index in [1.807, 2.05) is 0 Å². The van der Waals surface area contributed by atoms with Crippen LogP contribution in [0.5, 0.6) is 0 Å². The maximum atomic E-state index is 14.7. The average Bonchev–Trinajstić information content (AvgIpc) is 3.06. The number of nitrogens with zero attached hydrogens (tertiary/aromatic N) is 2. The number of ether oxygens (including phenoxy) is 3. The van der Waals surface area contributed by atoms with Crippen LogP contribution in [0, 0.1) is 5.82 Å². The van der Waals surface area contributed by atoms with E-state index in [0.717, 1.165) is 24.6 Å². The molecule has 194 valence electrons. The number of aliphatic hydroxyl groups excluding tert-OH is 1. The van der Waals surface area contributed by atoms with Gasteiger partial charge >= 0.3 is 17.6 Å². The second kappa shape index (κ2) is 13.0. The van der Waals surface area contributed by atoms with Gasteiger partial charge in [0, 0.05) is 26.7 Å². The quantitative estimate of drug-likeness (QED) is 0.313. The highest BCUT2D eigenvalue weighted by Gasteiger charge is 2.48. The van der Waals surface area contributed by atoms with Crippen LogP contribution in [-0.2, 0) is 33.4 Å². The van der Waals surface area contributed by atoms with Gasteiger partial charge in [-0.25, -0.2) is 9.18 Å². The van der Waals surface area contributed by atoms with Gasteiger partial charge in [-0.15, -0.1) is 0 Å². The van der Waals surface area contributed by atoms with Gasteiger partial charge in [-0.1, -0.05) is 12.8 Å². The first-order valence-corrected chi connectivity index (χ1v) is 11.2. The standard InChI is InChI=1S/C22H30FN3O9/c1-12-18(34-13(2)28)19(35-14(3)29)21(33-12)26-10-16(23)20(25-22(26)32)24-17(31)9-7-5-4-6-8-15(30)11-27/h10,12,18-19,21,27H,4-9,11H2,1-3H3,(H,24,25,31,32)/t12-,18-,19-,21-/m1/s1. The van der Waals surface area contributed by atoms with Gasteiger partial charge in [0.25, 0.3) is 0 Å². The van der Waals surface area contributed by atoms with E-state index in [1.54, 1.807) is 0 Å². The number of aliphatic hydroxyl groups is 1. The largest absolute Gasteiger partial charge is 0.456 e. The summed E-state index contributed by atoms with van der Waals surface area (Å²) in [5, 5.41) is 10.9. The highest BCUT2D eigenvalue weighted by Crippen LogP contribution is 2.33. The first kappa shape index (κ1) is 28.1. The number of rotatable bonds is 12. The summed E-state index contributed by atoms with van der Waals surface area (Å²) in [4.78, 5) is 62.3. The normalized spacial score (nSPS) is 21.4. The molecule has 0 bridgehead atoms. The number of ketones is 1. The van der Waals surface area contributed by atoms with Gasteiger partial charge in [0.15, 0.2) is 35.9 Å². The maximum absolute atomic E-state index is 14.7. The number of esters is 2. The van der Waals surface area contributed by atoms with Gasteiger partial charge in [0.05, 0.1) is 12.3 Å². The molecule has 0 saturated carbocycles. The van der Waals surface area contributed by atoms with Crippen molar-refractivity contribution in [2.45, 2.75) is 83.8 Å². The molecule has 2 rings (SSSR count). The molecule has 4 atom stereocenters. The zero-order valence-electron chi connectivity index (χ0n) is 19.8. The third-order valence-corrected chi connectivity index (χ3v) is 5.25. The van der Waals surface area contributed by atoms with E-state index < -0.39 is 66.3 Å². The van der Waals surface area contributed by atoms with Crippen molar-refractivity contribution in [2.75, 3.05) is 11.9 Å². The fraction of sp³-hybridized carbons (Fsp3) is 0.636. The van der Waals surface area contributed by atoms with Crippen LogP contribution in [0.25, 0.3) is 0 Å². The first-order chi connectivity index (χ1) is 16.5. The second-order valence-electron chi connectivity index (χ2n) is 8.17. The number of halogens is 1. The van der Waals surface area contributed by atoms with E-state index in [-0.39, 0.29) is 18.6 Å². The summed E-state index contributed by atoms with van der Waals surface area (Å²) < 4.78 is 31.4. The maximum Gasteiger partial charge on any atom is 0.351 e. The number of Topliss-reactive ketones (excluding diaryl/α,β-unsaturated/α-hetero) is 1. The molecule has 13 heteroatoms. The number of nitrogens with one attached hydrogen (secondary N) is 1. The van der Waals surface area contributed by atoms with Crippen molar-refractivity contribution in [3.63, 3.8) is 0 Å². The Labute approximate surface area is 200 Å². The molecule has 1 aliphatic heterocycles. The molecule has 1 aromatic heterocycles. The van der Waals surface area contributed by atoms with Crippen molar-refractivity contribution >= 4 is 29.4 Å². The predicted molar refractivity (Wildman–Crippen MR) is 118 cm³/mol. The number of hydrogen-bond acceptors (Lipinski definition) is 10. The van der Waals surface area contributed by atoms with E-state index in [0.29, 0.717) is 25.7 Å². The van der Waals surface area contributed by atoms with Gasteiger partial charge in [-0.3, -0.25) is 23.7 Å². The van der Waals surface area contributed by atoms with Crippen LogP contribution in [0.4, 0.5) is 10.2 Å². The third-order valence-electron chi connectivity index (χ3n) is 5.25. The van der Waals surface area contributed by atoms with Gasteiger partial charge in [-0.2, -0.15) is 4.98 Å². The SMILES string of the molecule is CC(=O)O[C@@H]1[C@H](OC(C)=O)[C@@H](C)O[C@H]1n1cc(F)c(NC(=O)CCCCCCC(=O)CO)nc1=O. The Morgan fingerprint density at radius 2 is 1.69 bits per heavy atom. The Hall–Kier alpha value is -3.19. The molecule has 1 aromatic rings. The summed E-state index contributed by atoms with van der Waals surface area (Å²) in [6.45, 7) is 3.34. The zero-order valence-corrected chi connectivity index (χ0v) is 19.8. The Bertz CT molecular complexity index is 997. The minimum Gasteiger partial charge on any atom is -0.456 e. The topological polar surface area (TPSA) is 163 Å². The van der Waals surface area contributed by atoms with E-state index >= 15 is 0 Å². The summed E-state index contributed by atoms with van der Waals surface area (Å²) in [5.74, 6) is -3.74. The molecule has 0 aliphatic carbocycles. The lowest BCUT2D eigenvalue weighted by Crippen LogP contribution is -2.40. The molecule has 2 N–H and O–H groups in total. The summed E-state index contributed by atoms with van der Waals surface area (Å²) >= 11 is 0. The van der Waals surface area contributed by atoms with Gasteiger partial charge < -0.3 is 24.6 Å². The molecule has 0 radical (unpaired) electrons.